The van der Waals surface area contributed by atoms with Gasteiger partial charge in [-0.05, 0) is 18.2 Å². The van der Waals surface area contributed by atoms with Crippen molar-refractivity contribution in [3.63, 3.8) is 0 Å². The van der Waals surface area contributed by atoms with E-state index in [1.807, 2.05) is 0 Å². The van der Waals surface area contributed by atoms with Crippen molar-refractivity contribution >= 4 is 17.3 Å². The molecule has 0 atom stereocenters. The zero-order chi connectivity index (χ0) is 15.4. The maximum Gasteiger partial charge on any atom is 0.342 e. The van der Waals surface area contributed by atoms with Crippen LogP contribution in [0.3, 0.4) is 0 Å². The summed E-state index contributed by atoms with van der Waals surface area (Å²) in [6, 6.07) is 6.66. The van der Waals surface area contributed by atoms with Crippen LogP contribution in [0.2, 0.25) is 0 Å². The lowest BCUT2D eigenvalue weighted by molar-refractivity contribution is -0.385. The number of carboxylic acids is 1. The van der Waals surface area contributed by atoms with Crippen LogP contribution in [0.15, 0.2) is 36.5 Å². The Hall–Kier alpha value is -3.03. The fourth-order valence-electron chi connectivity index (χ4n) is 1.71. The highest BCUT2D eigenvalue weighted by molar-refractivity contribution is 5.93. The molecule has 0 aliphatic rings. The Morgan fingerprint density at radius 2 is 2.19 bits per heavy atom. The Balaban J connectivity index is 2.30. The van der Waals surface area contributed by atoms with Crippen LogP contribution in [0.1, 0.15) is 16.1 Å². The zero-order valence-corrected chi connectivity index (χ0v) is 10.6. The molecule has 1 aromatic carbocycles. The third-order valence-electron chi connectivity index (χ3n) is 2.70. The molecule has 7 nitrogen and oxygen atoms in total. The third kappa shape index (κ3) is 3.30. The molecule has 0 aliphatic carbocycles. The second-order valence-corrected chi connectivity index (χ2v) is 4.09. The summed E-state index contributed by atoms with van der Waals surface area (Å²) in [5, 5.41) is 22.3. The first kappa shape index (κ1) is 14.4. The van der Waals surface area contributed by atoms with Crippen molar-refractivity contribution in [1.29, 1.82) is 0 Å². The molecule has 1 aromatic heterocycles. The van der Waals surface area contributed by atoms with Gasteiger partial charge in [0.2, 0.25) is 0 Å². The number of carboxylic acid groups (broad SMARTS) is 1. The topological polar surface area (TPSA) is 105 Å². The van der Waals surface area contributed by atoms with Gasteiger partial charge in [-0.25, -0.2) is 9.18 Å². The number of hydrogen-bond donors (Lipinski definition) is 2. The van der Waals surface area contributed by atoms with Crippen molar-refractivity contribution in [2.24, 2.45) is 0 Å². The lowest BCUT2D eigenvalue weighted by Gasteiger charge is -2.08. The summed E-state index contributed by atoms with van der Waals surface area (Å²) < 4.78 is 13.8. The number of halogens is 1. The van der Waals surface area contributed by atoms with Crippen molar-refractivity contribution in [2.75, 3.05) is 5.32 Å². The van der Waals surface area contributed by atoms with Gasteiger partial charge in [0.25, 0.3) is 5.69 Å². The Labute approximate surface area is 118 Å². The summed E-state index contributed by atoms with van der Waals surface area (Å²) >= 11 is 0. The summed E-state index contributed by atoms with van der Waals surface area (Å²) in [6.07, 6.45) is 1.56. The number of nitro groups is 1. The van der Waals surface area contributed by atoms with Gasteiger partial charge in [-0.3, -0.25) is 15.1 Å². The predicted molar refractivity (Wildman–Crippen MR) is 71.6 cm³/mol. The van der Waals surface area contributed by atoms with E-state index in [-0.39, 0.29) is 12.2 Å². The van der Waals surface area contributed by atoms with Crippen molar-refractivity contribution in [1.82, 2.24) is 4.98 Å². The average Bonchev–Trinajstić information content (AvgIpc) is 2.46. The first-order valence-corrected chi connectivity index (χ1v) is 5.84. The Bertz CT molecular complexity index is 691. The first-order chi connectivity index (χ1) is 9.99. The van der Waals surface area contributed by atoms with Crippen LogP contribution in [0.5, 0.6) is 0 Å². The van der Waals surface area contributed by atoms with E-state index in [0.717, 1.165) is 6.07 Å². The number of rotatable bonds is 5. The summed E-state index contributed by atoms with van der Waals surface area (Å²) in [7, 11) is 0. The van der Waals surface area contributed by atoms with Crippen molar-refractivity contribution in [3.8, 4) is 0 Å². The Kier molecular flexibility index (Phi) is 4.07. The highest BCUT2D eigenvalue weighted by atomic mass is 19.1. The number of anilines is 1. The van der Waals surface area contributed by atoms with E-state index >= 15 is 0 Å². The van der Waals surface area contributed by atoms with E-state index in [1.165, 1.54) is 0 Å². The van der Waals surface area contributed by atoms with Crippen LogP contribution in [0.4, 0.5) is 15.8 Å². The van der Waals surface area contributed by atoms with E-state index in [4.69, 9.17) is 5.11 Å². The van der Waals surface area contributed by atoms with Gasteiger partial charge in [-0.1, -0.05) is 6.07 Å². The lowest BCUT2D eigenvalue weighted by atomic mass is 10.1. The first-order valence-electron chi connectivity index (χ1n) is 5.84. The summed E-state index contributed by atoms with van der Waals surface area (Å²) in [4.78, 5) is 24.8. The number of pyridine rings is 1. The normalized spacial score (nSPS) is 10.1. The maximum atomic E-state index is 13.8. The zero-order valence-electron chi connectivity index (χ0n) is 10.6. The largest absolute Gasteiger partial charge is 0.477 e. The maximum absolute atomic E-state index is 13.8. The number of hydrogen-bond acceptors (Lipinski definition) is 5. The molecule has 0 unspecified atom stereocenters. The van der Waals surface area contributed by atoms with Gasteiger partial charge in [0.15, 0.2) is 5.82 Å². The molecular weight excluding hydrogens is 281 g/mol. The number of aromatic carboxylic acids is 1. The second-order valence-electron chi connectivity index (χ2n) is 4.09. The summed E-state index contributed by atoms with van der Waals surface area (Å²) in [5.74, 6) is -2.40. The minimum atomic E-state index is -1.50. The SMILES string of the molecule is O=C(O)c1cc(NCc2ccccn2)c(F)cc1[N+](=O)[O-]. The molecule has 2 N–H and O–H groups in total. The highest BCUT2D eigenvalue weighted by Crippen LogP contribution is 2.26. The second kappa shape index (κ2) is 5.95. The lowest BCUT2D eigenvalue weighted by Crippen LogP contribution is -2.08. The van der Waals surface area contributed by atoms with Crippen LogP contribution >= 0.6 is 0 Å². The van der Waals surface area contributed by atoms with Gasteiger partial charge in [0.1, 0.15) is 5.56 Å². The number of aromatic nitrogens is 1. The van der Waals surface area contributed by atoms with Crippen LogP contribution in [0, 0.1) is 15.9 Å². The molecule has 108 valence electrons. The van der Waals surface area contributed by atoms with Crippen molar-refractivity contribution in [3.05, 3.63) is 63.7 Å². The molecule has 2 rings (SSSR count). The molecule has 0 aliphatic heterocycles. The molecule has 0 fully saturated rings. The fraction of sp³-hybridized carbons (Fsp3) is 0.0769. The van der Waals surface area contributed by atoms with E-state index < -0.39 is 28.0 Å². The monoisotopic (exact) mass is 291 g/mol. The van der Waals surface area contributed by atoms with Crippen LogP contribution < -0.4 is 5.32 Å². The minimum Gasteiger partial charge on any atom is -0.477 e. The predicted octanol–water partition coefficient (Wildman–Crippen LogP) is 2.44. The Morgan fingerprint density at radius 3 is 2.76 bits per heavy atom. The third-order valence-corrected chi connectivity index (χ3v) is 2.70. The fourth-order valence-corrected chi connectivity index (χ4v) is 1.71. The molecule has 0 bridgehead atoms. The van der Waals surface area contributed by atoms with Crippen LogP contribution in [-0.4, -0.2) is 21.0 Å². The van der Waals surface area contributed by atoms with Gasteiger partial charge in [-0.15, -0.1) is 0 Å². The highest BCUT2D eigenvalue weighted by Gasteiger charge is 2.23. The summed E-state index contributed by atoms with van der Waals surface area (Å²) in [5.41, 5.74) is -0.885. The number of benzene rings is 1. The number of nitrogens with zero attached hydrogens (tertiary/aromatic N) is 2. The van der Waals surface area contributed by atoms with E-state index in [0.29, 0.717) is 11.8 Å². The van der Waals surface area contributed by atoms with Crippen molar-refractivity contribution < 1.29 is 19.2 Å². The summed E-state index contributed by atoms with van der Waals surface area (Å²) in [6.45, 7) is 0.161. The number of nitro benzene ring substituents is 1. The van der Waals surface area contributed by atoms with E-state index in [1.54, 1.807) is 24.4 Å². The Morgan fingerprint density at radius 1 is 1.43 bits per heavy atom. The molecule has 0 saturated carbocycles. The quantitative estimate of drug-likeness (QED) is 0.647. The standard InChI is InChI=1S/C13H10FN3O4/c14-10-6-12(17(20)21)9(13(18)19)5-11(10)16-7-8-3-1-2-4-15-8/h1-6,16H,7H2,(H,18,19). The van der Waals surface area contributed by atoms with Gasteiger partial charge < -0.3 is 10.4 Å². The molecule has 0 spiro atoms. The van der Waals surface area contributed by atoms with E-state index in [2.05, 4.69) is 10.3 Å². The van der Waals surface area contributed by atoms with Gasteiger partial charge in [0.05, 0.1) is 28.9 Å². The molecule has 0 saturated heterocycles. The average molecular weight is 291 g/mol. The molecule has 0 radical (unpaired) electrons. The minimum absolute atomic E-state index is 0.136. The molecule has 1 heterocycles. The van der Waals surface area contributed by atoms with Crippen molar-refractivity contribution in [2.45, 2.75) is 6.54 Å². The molecule has 8 heteroatoms. The molecule has 21 heavy (non-hydrogen) atoms. The van der Waals surface area contributed by atoms with Gasteiger partial charge in [0, 0.05) is 6.20 Å². The number of carbonyl (C=O) groups is 1. The van der Waals surface area contributed by atoms with E-state index in [9.17, 15) is 19.3 Å². The van der Waals surface area contributed by atoms with Gasteiger partial charge >= 0.3 is 5.97 Å². The van der Waals surface area contributed by atoms with Crippen LogP contribution in [-0.2, 0) is 6.54 Å². The smallest absolute Gasteiger partial charge is 0.342 e. The van der Waals surface area contributed by atoms with Crippen LogP contribution in [0.25, 0.3) is 0 Å². The molecule has 2 aromatic rings. The molecule has 0 amide bonds. The van der Waals surface area contributed by atoms with Gasteiger partial charge in [-0.2, -0.15) is 0 Å². The number of nitrogens with one attached hydrogen (secondary N) is 1. The molecular formula is C13H10FN3O4.